The van der Waals surface area contributed by atoms with Crippen LogP contribution in [-0.2, 0) is 17.9 Å². The third-order valence-corrected chi connectivity index (χ3v) is 5.89. The number of guanidine groups is 1. The van der Waals surface area contributed by atoms with E-state index in [1.54, 1.807) is 13.3 Å². The highest BCUT2D eigenvalue weighted by atomic mass is 16.3. The fraction of sp³-hybridized carbons (Fsp3) is 0.364. The van der Waals surface area contributed by atoms with Gasteiger partial charge in [0.25, 0.3) is 5.91 Å². The van der Waals surface area contributed by atoms with Crippen LogP contribution in [0.3, 0.4) is 0 Å². The van der Waals surface area contributed by atoms with Gasteiger partial charge < -0.3 is 4.42 Å². The molecule has 8 heteroatoms. The number of benzene rings is 1. The average molecular weight is 406 g/mol. The maximum atomic E-state index is 13.4. The number of amides is 3. The van der Waals surface area contributed by atoms with Crippen LogP contribution in [0.4, 0.5) is 4.79 Å². The maximum absolute atomic E-state index is 13.4. The molecule has 0 spiro atoms. The van der Waals surface area contributed by atoms with Gasteiger partial charge in [0.15, 0.2) is 0 Å². The molecule has 3 aliphatic heterocycles. The lowest BCUT2D eigenvalue weighted by Gasteiger charge is -2.35. The van der Waals surface area contributed by atoms with Crippen LogP contribution in [0.25, 0.3) is 0 Å². The lowest BCUT2D eigenvalue weighted by molar-refractivity contribution is -0.556. The van der Waals surface area contributed by atoms with Crippen molar-refractivity contribution in [3.63, 3.8) is 0 Å². The lowest BCUT2D eigenvalue weighted by Crippen LogP contribution is -2.64. The van der Waals surface area contributed by atoms with Crippen LogP contribution in [0.2, 0.25) is 0 Å². The summed E-state index contributed by atoms with van der Waals surface area (Å²) in [4.78, 5) is 36.0. The smallest absolute Gasteiger partial charge is 0.392 e. The third kappa shape index (κ3) is 2.99. The van der Waals surface area contributed by atoms with Crippen molar-refractivity contribution < 1.29 is 18.6 Å². The molecule has 1 fully saturated rings. The summed E-state index contributed by atoms with van der Waals surface area (Å²) < 4.78 is 7.61. The number of rotatable bonds is 4. The Labute approximate surface area is 174 Å². The largest absolute Gasteiger partial charge is 0.466 e. The van der Waals surface area contributed by atoms with E-state index in [-0.39, 0.29) is 18.5 Å². The molecule has 1 aromatic heterocycles. The fourth-order valence-corrected chi connectivity index (χ4v) is 4.28. The second-order valence-corrected chi connectivity index (χ2v) is 7.97. The Kier molecular flexibility index (Phi) is 4.42. The van der Waals surface area contributed by atoms with E-state index < -0.39 is 6.04 Å². The minimum atomic E-state index is -0.562. The van der Waals surface area contributed by atoms with Gasteiger partial charge in [-0.1, -0.05) is 34.8 Å². The molecule has 3 amide bonds. The molecule has 0 saturated carbocycles. The van der Waals surface area contributed by atoms with Gasteiger partial charge in [-0.2, -0.15) is 0 Å². The van der Waals surface area contributed by atoms with Crippen molar-refractivity contribution in [1.29, 1.82) is 0 Å². The summed E-state index contributed by atoms with van der Waals surface area (Å²) in [5.74, 6) is 1.87. The van der Waals surface area contributed by atoms with Gasteiger partial charge >= 0.3 is 12.0 Å². The predicted molar refractivity (Wildman–Crippen MR) is 110 cm³/mol. The number of aliphatic imine (C=N–C) groups is 1. The monoisotopic (exact) mass is 406 g/mol. The van der Waals surface area contributed by atoms with Crippen molar-refractivity contribution >= 4 is 23.7 Å². The number of likely N-dealkylation sites (N-methyl/N-ethyl adjacent to an activating group) is 1. The zero-order valence-electron chi connectivity index (χ0n) is 17.1. The number of hydrogen-bond donors (Lipinski definition) is 0. The van der Waals surface area contributed by atoms with Crippen LogP contribution in [0, 0.1) is 6.92 Å². The number of aryl methyl sites for hydroxylation is 1. The van der Waals surface area contributed by atoms with Gasteiger partial charge in [-0.15, -0.1) is 0 Å². The zero-order chi connectivity index (χ0) is 20.8. The molecule has 1 aromatic carbocycles. The van der Waals surface area contributed by atoms with Gasteiger partial charge in [-0.25, -0.2) is 9.69 Å². The SMILES string of the molecule is Cc1ccc(CN2C(=O)C3C(=NC4=[N+](Cc5ccco5)CCCN43)N(C)C2=O)cc1. The van der Waals surface area contributed by atoms with E-state index in [0.717, 1.165) is 42.4 Å². The van der Waals surface area contributed by atoms with E-state index >= 15 is 0 Å². The third-order valence-electron chi connectivity index (χ3n) is 5.89. The molecule has 8 nitrogen and oxygen atoms in total. The maximum Gasteiger partial charge on any atom is 0.392 e. The number of carbonyl (C=O) groups excluding carboxylic acids is 2. The number of fused-ring (bicyclic) bond motifs is 3. The van der Waals surface area contributed by atoms with E-state index in [4.69, 9.17) is 9.41 Å². The summed E-state index contributed by atoms with van der Waals surface area (Å²) in [5.41, 5.74) is 2.07. The summed E-state index contributed by atoms with van der Waals surface area (Å²) >= 11 is 0. The van der Waals surface area contributed by atoms with Crippen molar-refractivity contribution in [1.82, 2.24) is 14.7 Å². The minimum absolute atomic E-state index is 0.215. The average Bonchev–Trinajstić information content (AvgIpc) is 3.39. The Morgan fingerprint density at radius 3 is 2.73 bits per heavy atom. The number of amidine groups is 1. The van der Waals surface area contributed by atoms with Crippen molar-refractivity contribution in [2.75, 3.05) is 20.1 Å². The highest BCUT2D eigenvalue weighted by molar-refractivity contribution is 6.25. The van der Waals surface area contributed by atoms with Crippen molar-refractivity contribution in [2.24, 2.45) is 4.99 Å². The molecule has 4 heterocycles. The molecule has 0 radical (unpaired) electrons. The topological polar surface area (TPSA) is 72.4 Å². The Morgan fingerprint density at radius 1 is 1.20 bits per heavy atom. The Hall–Kier alpha value is -3.42. The van der Waals surface area contributed by atoms with E-state index in [0.29, 0.717) is 12.4 Å². The normalized spacial score (nSPS) is 21.2. The van der Waals surface area contributed by atoms with E-state index in [9.17, 15) is 9.59 Å². The van der Waals surface area contributed by atoms with Crippen LogP contribution in [0.15, 0.2) is 52.1 Å². The minimum Gasteiger partial charge on any atom is -0.466 e. The first kappa shape index (κ1) is 18.6. The standard InChI is InChI=1S/C22H24N5O3/c1-15-6-8-16(9-7-15)13-27-20(28)18-19(24(2)22(27)29)23-21-25(10-4-11-26(18)21)14-17-5-3-12-30-17/h3,5-9,12,18H,4,10-11,13-14H2,1-2H3/q+1. The number of nitrogens with zero attached hydrogens (tertiary/aromatic N) is 5. The quantitative estimate of drug-likeness (QED) is 0.729. The number of furan rings is 1. The molecule has 1 atom stereocenters. The van der Waals surface area contributed by atoms with Gasteiger partial charge in [0, 0.05) is 13.5 Å². The molecule has 0 aliphatic carbocycles. The molecule has 0 N–H and O–H groups in total. The van der Waals surface area contributed by atoms with Crippen LogP contribution in [0.5, 0.6) is 0 Å². The molecule has 2 aromatic rings. The predicted octanol–water partition coefficient (Wildman–Crippen LogP) is 2.04. The molecular formula is C22H24N5O3+. The Bertz CT molecular complexity index is 1050. The summed E-state index contributed by atoms with van der Waals surface area (Å²) in [6, 6.07) is 10.8. The highest BCUT2D eigenvalue weighted by Gasteiger charge is 2.56. The van der Waals surface area contributed by atoms with Crippen molar-refractivity contribution in [3.05, 3.63) is 59.5 Å². The van der Waals surface area contributed by atoms with E-state index in [2.05, 4.69) is 4.58 Å². The molecule has 5 rings (SSSR count). The number of urea groups is 1. The first-order valence-electron chi connectivity index (χ1n) is 10.2. The molecular weight excluding hydrogens is 382 g/mol. The summed E-state index contributed by atoms with van der Waals surface area (Å²) in [5, 5.41) is 0. The summed E-state index contributed by atoms with van der Waals surface area (Å²) in [6.45, 7) is 4.41. The van der Waals surface area contributed by atoms with Crippen molar-refractivity contribution in [3.8, 4) is 0 Å². The van der Waals surface area contributed by atoms with Crippen molar-refractivity contribution in [2.45, 2.75) is 32.5 Å². The molecule has 154 valence electrons. The van der Waals surface area contributed by atoms with Gasteiger partial charge in [0.2, 0.25) is 11.9 Å². The van der Waals surface area contributed by atoms with E-state index in [1.807, 2.05) is 48.2 Å². The highest BCUT2D eigenvalue weighted by Crippen LogP contribution is 2.27. The first-order chi connectivity index (χ1) is 14.5. The van der Waals surface area contributed by atoms with Crippen LogP contribution < -0.4 is 0 Å². The van der Waals surface area contributed by atoms with E-state index in [1.165, 1.54) is 9.80 Å². The number of imide groups is 1. The molecule has 1 unspecified atom stereocenters. The summed E-state index contributed by atoms with van der Waals surface area (Å²) in [7, 11) is 1.69. The van der Waals surface area contributed by atoms with Gasteiger partial charge in [-0.05, 0) is 24.6 Å². The molecule has 3 aliphatic rings. The Morgan fingerprint density at radius 2 is 2.00 bits per heavy atom. The Balaban J connectivity index is 1.47. The zero-order valence-corrected chi connectivity index (χ0v) is 17.1. The molecule has 0 bridgehead atoms. The molecule has 1 saturated heterocycles. The lowest BCUT2D eigenvalue weighted by atomic mass is 10.1. The number of hydrogen-bond acceptors (Lipinski definition) is 5. The van der Waals surface area contributed by atoms with Gasteiger partial charge in [0.1, 0.15) is 12.3 Å². The van der Waals surface area contributed by atoms with Crippen LogP contribution in [-0.4, -0.2) is 69.2 Å². The fourth-order valence-electron chi connectivity index (χ4n) is 4.28. The second kappa shape index (κ2) is 7.12. The summed E-state index contributed by atoms with van der Waals surface area (Å²) in [6.07, 6.45) is 2.56. The van der Waals surface area contributed by atoms with Crippen LogP contribution in [0.1, 0.15) is 23.3 Å². The van der Waals surface area contributed by atoms with Crippen LogP contribution >= 0.6 is 0 Å². The molecule has 30 heavy (non-hydrogen) atoms. The first-order valence-corrected chi connectivity index (χ1v) is 10.2. The second-order valence-electron chi connectivity index (χ2n) is 7.97. The van der Waals surface area contributed by atoms with Gasteiger partial charge in [-0.3, -0.25) is 19.2 Å². The number of carbonyl (C=O) groups is 2. The van der Waals surface area contributed by atoms with Gasteiger partial charge in [0.05, 0.1) is 25.9 Å².